The van der Waals surface area contributed by atoms with Gasteiger partial charge in [0.05, 0.1) is 18.7 Å². The fourth-order valence-corrected chi connectivity index (χ4v) is 6.48. The van der Waals surface area contributed by atoms with Crippen LogP contribution >= 0.6 is 0 Å². The van der Waals surface area contributed by atoms with Gasteiger partial charge in [-0.05, 0) is 47.9 Å². The van der Waals surface area contributed by atoms with E-state index in [9.17, 15) is 13.2 Å². The van der Waals surface area contributed by atoms with Crippen molar-refractivity contribution in [3.63, 3.8) is 0 Å². The van der Waals surface area contributed by atoms with Crippen molar-refractivity contribution in [2.75, 3.05) is 22.9 Å². The van der Waals surface area contributed by atoms with Gasteiger partial charge in [0.25, 0.3) is 0 Å². The van der Waals surface area contributed by atoms with Crippen LogP contribution in [0.25, 0.3) is 33.9 Å². The standard InChI is InChI=1S/C21H17N3O.C18H14F3N3O/c1-2-8-16-15(6-1)7-5-10-19(16)24-13-11-20-18(14-24)23-21(25-20)17-9-3-4-12-22-17;19-18(20,21)12-5-1-2-7-15(12)24-10-8-16-14(11-24)23-17(25-16)13-6-3-4-9-22-13/h1-10,12H,11,13-14H2;1-7,9H,8,10-11H2. The van der Waals surface area contributed by atoms with Crippen molar-refractivity contribution >= 4 is 22.1 Å². The summed E-state index contributed by atoms with van der Waals surface area (Å²) in [4.78, 5) is 21.8. The Morgan fingerprint density at radius 1 is 0.560 bits per heavy atom. The van der Waals surface area contributed by atoms with Gasteiger partial charge in [-0.2, -0.15) is 13.2 Å². The minimum Gasteiger partial charge on any atom is -0.439 e. The van der Waals surface area contributed by atoms with Crippen molar-refractivity contribution in [3.05, 3.63) is 144 Å². The Morgan fingerprint density at radius 2 is 1.08 bits per heavy atom. The zero-order valence-electron chi connectivity index (χ0n) is 26.8. The third-order valence-electron chi connectivity index (χ3n) is 8.88. The second-order valence-corrected chi connectivity index (χ2v) is 12.1. The number of hydrogen-bond acceptors (Lipinski definition) is 8. The highest BCUT2D eigenvalue weighted by Crippen LogP contribution is 2.38. The monoisotopic (exact) mass is 672 g/mol. The van der Waals surface area contributed by atoms with E-state index >= 15 is 0 Å². The zero-order chi connectivity index (χ0) is 34.1. The molecule has 250 valence electrons. The molecule has 50 heavy (non-hydrogen) atoms. The minimum absolute atomic E-state index is 0.169. The van der Waals surface area contributed by atoms with Gasteiger partial charge in [-0.1, -0.05) is 60.7 Å². The number of pyridine rings is 2. The first-order valence-electron chi connectivity index (χ1n) is 16.3. The number of oxazole rings is 2. The largest absolute Gasteiger partial charge is 0.439 e. The van der Waals surface area contributed by atoms with Crippen molar-refractivity contribution in [3.8, 4) is 23.2 Å². The number of para-hydroxylation sites is 1. The predicted molar refractivity (Wildman–Crippen MR) is 184 cm³/mol. The molecule has 0 atom stereocenters. The van der Waals surface area contributed by atoms with Gasteiger partial charge in [-0.25, -0.2) is 9.97 Å². The van der Waals surface area contributed by atoms with Gasteiger partial charge in [-0.3, -0.25) is 9.97 Å². The van der Waals surface area contributed by atoms with Crippen LogP contribution in [0.15, 0.2) is 124 Å². The average Bonchev–Trinajstić information content (AvgIpc) is 3.79. The topological polar surface area (TPSA) is 84.3 Å². The van der Waals surface area contributed by atoms with E-state index < -0.39 is 11.7 Å². The predicted octanol–water partition coefficient (Wildman–Crippen LogP) is 8.77. The molecule has 2 aliphatic heterocycles. The van der Waals surface area contributed by atoms with E-state index in [1.54, 1.807) is 35.5 Å². The first-order chi connectivity index (χ1) is 24.4. The number of nitrogens with zero attached hydrogens (tertiary/aromatic N) is 6. The van der Waals surface area contributed by atoms with Crippen LogP contribution in [0, 0.1) is 0 Å². The molecular formula is C39H31F3N6O2. The summed E-state index contributed by atoms with van der Waals surface area (Å²) in [6.07, 6.45) is 0.380. The van der Waals surface area contributed by atoms with E-state index in [1.807, 2.05) is 24.3 Å². The molecule has 11 heteroatoms. The van der Waals surface area contributed by atoms with Crippen LogP contribution in [0.5, 0.6) is 0 Å². The van der Waals surface area contributed by atoms with Gasteiger partial charge in [-0.15, -0.1) is 0 Å². The van der Waals surface area contributed by atoms with E-state index in [-0.39, 0.29) is 12.2 Å². The number of alkyl halides is 3. The zero-order valence-corrected chi connectivity index (χ0v) is 26.8. The SMILES string of the molecule is FC(F)(F)c1ccccc1N1CCc2oc(-c3ccccn3)nc2C1.c1ccc(-c2nc3c(o2)CCN(c2cccc4ccccc24)C3)nc1. The van der Waals surface area contributed by atoms with Gasteiger partial charge in [0, 0.05) is 55.1 Å². The van der Waals surface area contributed by atoms with E-state index in [0.717, 1.165) is 42.7 Å². The molecule has 0 amide bonds. The van der Waals surface area contributed by atoms with Crippen LogP contribution in [-0.2, 0) is 32.1 Å². The lowest BCUT2D eigenvalue weighted by molar-refractivity contribution is -0.137. The molecule has 0 N–H and O–H groups in total. The summed E-state index contributed by atoms with van der Waals surface area (Å²) >= 11 is 0. The maximum Gasteiger partial charge on any atom is 0.418 e. The average molecular weight is 673 g/mol. The molecule has 8 nitrogen and oxygen atoms in total. The summed E-state index contributed by atoms with van der Waals surface area (Å²) in [6.45, 7) is 2.41. The molecule has 0 saturated heterocycles. The van der Waals surface area contributed by atoms with Crippen LogP contribution in [0.4, 0.5) is 24.5 Å². The normalized spacial score (nSPS) is 14.1. The van der Waals surface area contributed by atoms with Gasteiger partial charge in [0.2, 0.25) is 11.8 Å². The lowest BCUT2D eigenvalue weighted by Crippen LogP contribution is -2.31. The van der Waals surface area contributed by atoms with E-state index in [4.69, 9.17) is 13.8 Å². The Hall–Kier alpha value is -5.97. The second-order valence-electron chi connectivity index (χ2n) is 12.1. The van der Waals surface area contributed by atoms with E-state index in [0.29, 0.717) is 41.9 Å². The fraction of sp³-hybridized carbons (Fsp3) is 0.179. The van der Waals surface area contributed by atoms with Gasteiger partial charge in [0.1, 0.15) is 34.3 Å². The van der Waals surface area contributed by atoms with E-state index in [2.05, 4.69) is 62.3 Å². The van der Waals surface area contributed by atoms with Crippen molar-refractivity contribution in [1.82, 2.24) is 19.9 Å². The fourth-order valence-electron chi connectivity index (χ4n) is 6.48. The highest BCUT2D eigenvalue weighted by Gasteiger charge is 2.36. The molecule has 0 spiro atoms. The summed E-state index contributed by atoms with van der Waals surface area (Å²) in [6, 6.07) is 31.8. The molecule has 3 aromatic carbocycles. The number of benzene rings is 3. The molecule has 9 rings (SSSR count). The van der Waals surface area contributed by atoms with Crippen LogP contribution < -0.4 is 9.80 Å². The summed E-state index contributed by atoms with van der Waals surface area (Å²) in [5.74, 6) is 2.71. The first-order valence-corrected chi connectivity index (χ1v) is 16.3. The Kier molecular flexibility index (Phi) is 8.23. The third-order valence-corrected chi connectivity index (χ3v) is 8.88. The van der Waals surface area contributed by atoms with Crippen molar-refractivity contribution < 1.29 is 22.0 Å². The van der Waals surface area contributed by atoms with E-state index in [1.165, 1.54) is 28.6 Å². The minimum atomic E-state index is -4.39. The molecular weight excluding hydrogens is 641 g/mol. The smallest absolute Gasteiger partial charge is 0.418 e. The molecule has 6 heterocycles. The first kappa shape index (κ1) is 31.3. The summed E-state index contributed by atoms with van der Waals surface area (Å²) < 4.78 is 51.5. The van der Waals surface area contributed by atoms with Crippen LogP contribution in [0.3, 0.4) is 0 Å². The van der Waals surface area contributed by atoms with Gasteiger partial charge < -0.3 is 18.6 Å². The van der Waals surface area contributed by atoms with Crippen LogP contribution in [0.1, 0.15) is 28.5 Å². The maximum absolute atomic E-state index is 13.3. The molecule has 0 aliphatic carbocycles. The number of halogens is 3. The van der Waals surface area contributed by atoms with Crippen LogP contribution in [0.2, 0.25) is 0 Å². The number of aromatic nitrogens is 4. The third kappa shape index (κ3) is 6.29. The Bertz CT molecular complexity index is 2250. The Labute approximate surface area is 285 Å². The summed E-state index contributed by atoms with van der Waals surface area (Å²) in [7, 11) is 0. The highest BCUT2D eigenvalue weighted by molar-refractivity contribution is 5.94. The second kappa shape index (κ2) is 13.1. The maximum atomic E-state index is 13.3. The Morgan fingerprint density at radius 3 is 1.68 bits per heavy atom. The molecule has 0 unspecified atom stereocenters. The summed E-state index contributed by atoms with van der Waals surface area (Å²) in [5, 5.41) is 2.54. The lowest BCUT2D eigenvalue weighted by Gasteiger charge is -2.29. The van der Waals surface area contributed by atoms with Crippen LogP contribution in [-0.4, -0.2) is 33.0 Å². The number of rotatable bonds is 4. The molecule has 2 aliphatic rings. The molecule has 0 fully saturated rings. The van der Waals surface area contributed by atoms with Gasteiger partial charge in [0.15, 0.2) is 0 Å². The molecule has 7 aromatic rings. The lowest BCUT2D eigenvalue weighted by atomic mass is 10.1. The number of hydrogen-bond donors (Lipinski definition) is 0. The van der Waals surface area contributed by atoms with Gasteiger partial charge >= 0.3 is 6.18 Å². The molecule has 4 aromatic heterocycles. The molecule has 0 saturated carbocycles. The number of fused-ring (bicyclic) bond motifs is 3. The molecule has 0 radical (unpaired) electrons. The summed E-state index contributed by atoms with van der Waals surface area (Å²) in [5.41, 5.74) is 3.86. The quantitative estimate of drug-likeness (QED) is 0.184. The highest BCUT2D eigenvalue weighted by atomic mass is 19.4. The molecule has 0 bridgehead atoms. The van der Waals surface area contributed by atoms with Crippen molar-refractivity contribution in [2.45, 2.75) is 32.1 Å². The van der Waals surface area contributed by atoms with Crippen molar-refractivity contribution in [1.29, 1.82) is 0 Å². The number of anilines is 2. The van der Waals surface area contributed by atoms with Crippen molar-refractivity contribution in [2.24, 2.45) is 0 Å². The Balaban J connectivity index is 0.000000144.